The molecule has 0 fully saturated rings. The van der Waals surface area contributed by atoms with E-state index in [9.17, 15) is 4.79 Å². The molecule has 1 heterocycles. The van der Waals surface area contributed by atoms with Gasteiger partial charge in [0, 0.05) is 32.7 Å². The predicted octanol–water partition coefficient (Wildman–Crippen LogP) is 4.91. The number of amides is 1. The third kappa shape index (κ3) is 5.74. The Morgan fingerprint density at radius 3 is 2.46 bits per heavy atom. The maximum atomic E-state index is 12.2. The Kier molecular flexibility index (Phi) is 6.95. The van der Waals surface area contributed by atoms with Crippen LogP contribution in [0.2, 0.25) is 0 Å². The van der Waals surface area contributed by atoms with Crippen molar-refractivity contribution >= 4 is 39.8 Å². The van der Waals surface area contributed by atoms with Gasteiger partial charge in [-0.3, -0.25) is 4.79 Å². The van der Waals surface area contributed by atoms with Crippen molar-refractivity contribution in [2.75, 3.05) is 0 Å². The number of carbonyl (C=O) groups excluding carboxylic acids is 1. The average Bonchev–Trinajstić information content (AvgIpc) is 2.67. The zero-order valence-corrected chi connectivity index (χ0v) is 17.9. The molecule has 7 heteroatoms. The minimum Gasteiger partial charge on any atom is -0.267 e. The monoisotopic (exact) mass is 454 g/mol. The van der Waals surface area contributed by atoms with Crippen LogP contribution in [0.15, 0.2) is 69.3 Å². The molecule has 0 aliphatic heterocycles. The summed E-state index contributed by atoms with van der Waals surface area (Å²) in [6.45, 7) is 3.93. The Balaban J connectivity index is 1.56. The number of carbonyl (C=O) groups is 1. The van der Waals surface area contributed by atoms with Crippen LogP contribution in [0.1, 0.15) is 32.9 Å². The van der Waals surface area contributed by atoms with Gasteiger partial charge in [-0.25, -0.2) is 15.4 Å². The summed E-state index contributed by atoms with van der Waals surface area (Å²) in [5.41, 5.74) is 7.02. The Labute approximate surface area is 176 Å². The quantitative estimate of drug-likeness (QED) is 0.248. The van der Waals surface area contributed by atoms with E-state index < -0.39 is 0 Å². The molecule has 0 bridgehead atoms. The van der Waals surface area contributed by atoms with Gasteiger partial charge in [0.15, 0.2) is 5.16 Å². The fraction of sp³-hybridized carbons (Fsp3) is 0.143. The highest BCUT2D eigenvalue weighted by atomic mass is 79.9. The van der Waals surface area contributed by atoms with Crippen molar-refractivity contribution in [1.82, 2.24) is 15.4 Å². The molecule has 0 saturated carbocycles. The highest BCUT2D eigenvalue weighted by Crippen LogP contribution is 2.20. The largest absolute Gasteiger partial charge is 0.271 e. The zero-order chi connectivity index (χ0) is 19.9. The van der Waals surface area contributed by atoms with E-state index in [1.165, 1.54) is 0 Å². The summed E-state index contributed by atoms with van der Waals surface area (Å²) in [6, 6.07) is 17.1. The van der Waals surface area contributed by atoms with E-state index in [4.69, 9.17) is 0 Å². The molecular formula is C21H19BrN4OS. The molecular weight excluding hydrogens is 436 g/mol. The minimum atomic E-state index is -0.250. The number of thioether (sulfide) groups is 1. The van der Waals surface area contributed by atoms with Crippen molar-refractivity contribution in [3.8, 4) is 0 Å². The maximum Gasteiger partial charge on any atom is 0.271 e. The number of hydrogen-bond acceptors (Lipinski definition) is 5. The van der Waals surface area contributed by atoms with Gasteiger partial charge in [0.1, 0.15) is 0 Å². The number of aryl methyl sites for hydroxylation is 2. The Hall–Kier alpha value is -2.51. The van der Waals surface area contributed by atoms with Crippen molar-refractivity contribution in [3.63, 3.8) is 0 Å². The number of nitrogens with zero attached hydrogens (tertiary/aromatic N) is 3. The molecule has 1 aromatic heterocycles. The van der Waals surface area contributed by atoms with E-state index in [2.05, 4.69) is 36.4 Å². The summed E-state index contributed by atoms with van der Waals surface area (Å²) >= 11 is 5.02. The maximum absolute atomic E-state index is 12.2. The molecule has 0 saturated heterocycles. The molecule has 3 aromatic rings. The highest BCUT2D eigenvalue weighted by Gasteiger charge is 2.06. The van der Waals surface area contributed by atoms with Crippen molar-refractivity contribution in [3.05, 3.63) is 87.1 Å². The third-order valence-corrected chi connectivity index (χ3v) is 5.46. The summed E-state index contributed by atoms with van der Waals surface area (Å²) in [5.74, 6) is 0.491. The second-order valence-corrected chi connectivity index (χ2v) is 7.94. The predicted molar refractivity (Wildman–Crippen MR) is 117 cm³/mol. The first-order chi connectivity index (χ1) is 13.5. The number of aromatic nitrogens is 2. The van der Waals surface area contributed by atoms with E-state index in [-0.39, 0.29) is 5.91 Å². The van der Waals surface area contributed by atoms with Crippen LogP contribution in [-0.2, 0) is 5.75 Å². The lowest BCUT2D eigenvalue weighted by molar-refractivity contribution is 0.0955. The summed E-state index contributed by atoms with van der Waals surface area (Å²) in [4.78, 5) is 21.1. The normalized spacial score (nSPS) is 11.0. The second-order valence-electron chi connectivity index (χ2n) is 6.14. The average molecular weight is 455 g/mol. The molecule has 0 unspecified atom stereocenters. The van der Waals surface area contributed by atoms with Gasteiger partial charge in [0.25, 0.3) is 5.91 Å². The second kappa shape index (κ2) is 9.61. The third-order valence-electron chi connectivity index (χ3n) is 3.82. The topological polar surface area (TPSA) is 67.2 Å². The molecule has 3 rings (SSSR count). The Bertz CT molecular complexity index is 985. The van der Waals surface area contributed by atoms with Crippen LogP contribution in [0.5, 0.6) is 0 Å². The number of rotatable bonds is 6. The van der Waals surface area contributed by atoms with Gasteiger partial charge in [-0.2, -0.15) is 5.10 Å². The van der Waals surface area contributed by atoms with E-state index in [0.717, 1.165) is 37.9 Å². The van der Waals surface area contributed by atoms with E-state index >= 15 is 0 Å². The van der Waals surface area contributed by atoms with Gasteiger partial charge >= 0.3 is 0 Å². The lowest BCUT2D eigenvalue weighted by atomic mass is 10.1. The SMILES string of the molecule is Cc1cc(C)nc(SCc2ccc(C(=O)NN=Cc3ccccc3Br)cc2)n1. The molecule has 1 N–H and O–H groups in total. The fourth-order valence-corrected chi connectivity index (χ4v) is 3.76. The van der Waals surface area contributed by atoms with Gasteiger partial charge in [-0.15, -0.1) is 0 Å². The van der Waals surface area contributed by atoms with Gasteiger partial charge in [0.05, 0.1) is 6.21 Å². The zero-order valence-electron chi connectivity index (χ0n) is 15.5. The van der Waals surface area contributed by atoms with E-state index in [1.54, 1.807) is 30.1 Å². The molecule has 142 valence electrons. The van der Waals surface area contributed by atoms with Crippen LogP contribution in [0.3, 0.4) is 0 Å². The molecule has 0 aliphatic carbocycles. The molecule has 0 aliphatic rings. The lowest BCUT2D eigenvalue weighted by Crippen LogP contribution is -2.17. The van der Waals surface area contributed by atoms with Crippen molar-refractivity contribution < 1.29 is 4.79 Å². The van der Waals surface area contributed by atoms with Crippen LogP contribution < -0.4 is 5.43 Å². The van der Waals surface area contributed by atoms with Crippen LogP contribution in [0.25, 0.3) is 0 Å². The number of halogens is 1. The molecule has 2 aromatic carbocycles. The van der Waals surface area contributed by atoms with Crippen LogP contribution >= 0.6 is 27.7 Å². The Morgan fingerprint density at radius 2 is 1.79 bits per heavy atom. The van der Waals surface area contributed by atoms with Crippen molar-refractivity contribution in [2.24, 2.45) is 5.10 Å². The number of hydrazone groups is 1. The van der Waals surface area contributed by atoms with Gasteiger partial charge in [-0.1, -0.05) is 58.0 Å². The lowest BCUT2D eigenvalue weighted by Gasteiger charge is -2.05. The Morgan fingerprint density at radius 1 is 1.11 bits per heavy atom. The molecule has 0 spiro atoms. The van der Waals surface area contributed by atoms with Crippen LogP contribution in [0, 0.1) is 13.8 Å². The summed E-state index contributed by atoms with van der Waals surface area (Å²) < 4.78 is 0.919. The van der Waals surface area contributed by atoms with Crippen LogP contribution in [-0.4, -0.2) is 22.1 Å². The smallest absolute Gasteiger partial charge is 0.267 e. The van der Waals surface area contributed by atoms with Gasteiger partial charge < -0.3 is 0 Å². The van der Waals surface area contributed by atoms with Crippen LogP contribution in [0.4, 0.5) is 0 Å². The number of hydrogen-bond donors (Lipinski definition) is 1. The first kappa shape index (κ1) is 20.2. The molecule has 0 atom stereocenters. The number of benzene rings is 2. The minimum absolute atomic E-state index is 0.250. The van der Waals surface area contributed by atoms with Crippen molar-refractivity contribution in [1.29, 1.82) is 0 Å². The van der Waals surface area contributed by atoms with Crippen molar-refractivity contribution in [2.45, 2.75) is 24.8 Å². The molecule has 1 amide bonds. The van der Waals surface area contributed by atoms with E-state index in [1.807, 2.05) is 56.3 Å². The standard InChI is InChI=1S/C21H19BrN4OS/c1-14-11-15(2)25-21(24-14)28-13-16-7-9-17(10-8-16)20(27)26-23-12-18-5-3-4-6-19(18)22/h3-12H,13H2,1-2H3,(H,26,27). The summed E-state index contributed by atoms with van der Waals surface area (Å²) in [7, 11) is 0. The fourth-order valence-electron chi connectivity index (χ4n) is 2.46. The van der Waals surface area contributed by atoms with Gasteiger partial charge in [0.2, 0.25) is 0 Å². The van der Waals surface area contributed by atoms with E-state index in [0.29, 0.717) is 5.56 Å². The first-order valence-corrected chi connectivity index (χ1v) is 10.4. The van der Waals surface area contributed by atoms with Gasteiger partial charge in [-0.05, 0) is 43.7 Å². The number of nitrogens with one attached hydrogen (secondary N) is 1. The molecule has 0 radical (unpaired) electrons. The molecule has 5 nitrogen and oxygen atoms in total. The molecule has 28 heavy (non-hydrogen) atoms. The highest BCUT2D eigenvalue weighted by molar-refractivity contribution is 9.10. The summed E-state index contributed by atoms with van der Waals surface area (Å²) in [5, 5.41) is 4.78. The first-order valence-electron chi connectivity index (χ1n) is 8.63. The summed E-state index contributed by atoms with van der Waals surface area (Å²) in [6.07, 6.45) is 1.61.